The van der Waals surface area contributed by atoms with Crippen LogP contribution in [0, 0.1) is 6.92 Å². The molecule has 0 unspecified atom stereocenters. The molecule has 0 bridgehead atoms. The largest absolute Gasteiger partial charge is 0.497 e. The first kappa shape index (κ1) is 25.8. The van der Waals surface area contributed by atoms with Gasteiger partial charge in [0.2, 0.25) is 0 Å². The lowest BCUT2D eigenvalue weighted by Crippen LogP contribution is -2.39. The molecule has 3 aromatic rings. The topological polar surface area (TPSA) is 97.3 Å². The van der Waals surface area contributed by atoms with Crippen molar-refractivity contribution in [2.45, 2.75) is 25.7 Å². The van der Waals surface area contributed by atoms with Crippen LogP contribution in [0.3, 0.4) is 0 Å². The normalized spacial score (nSPS) is 11.6. The number of amides is 1. The fourth-order valence-electron chi connectivity index (χ4n) is 3.24. The number of methoxy groups -OCH3 is 1. The maximum Gasteiger partial charge on any atom is 0.264 e. The predicted molar refractivity (Wildman–Crippen MR) is 137 cm³/mol. The predicted octanol–water partition coefficient (Wildman–Crippen LogP) is 4.14. The smallest absolute Gasteiger partial charge is 0.264 e. The molecule has 0 saturated carbocycles. The number of hydrogen-bond donors (Lipinski definition) is 1. The van der Waals surface area contributed by atoms with Gasteiger partial charge in [-0.15, -0.1) is 0 Å². The zero-order valence-electron chi connectivity index (χ0n) is 20.2. The molecule has 0 radical (unpaired) electrons. The Balaban J connectivity index is 1.84. The molecule has 8 nitrogen and oxygen atoms in total. The van der Waals surface area contributed by atoms with Crippen molar-refractivity contribution < 1.29 is 22.7 Å². The molecule has 3 rings (SSSR count). The molecular weight excluding hydrogens is 466 g/mol. The molecule has 9 heteroatoms. The lowest BCUT2D eigenvalue weighted by atomic mass is 10.1. The van der Waals surface area contributed by atoms with Crippen LogP contribution in [0.2, 0.25) is 0 Å². The Morgan fingerprint density at radius 1 is 0.943 bits per heavy atom. The van der Waals surface area contributed by atoms with Crippen LogP contribution in [-0.4, -0.2) is 40.3 Å². The number of ether oxygens (including phenoxy) is 2. The van der Waals surface area contributed by atoms with Gasteiger partial charge in [-0.3, -0.25) is 9.10 Å². The van der Waals surface area contributed by atoms with Crippen LogP contribution in [0.15, 0.2) is 82.8 Å². The number of aryl methyl sites for hydroxylation is 1. The summed E-state index contributed by atoms with van der Waals surface area (Å²) >= 11 is 0. The summed E-state index contributed by atoms with van der Waals surface area (Å²) in [6.45, 7) is 5.52. The number of carbonyl (C=O) groups is 1. The molecule has 0 aliphatic heterocycles. The van der Waals surface area contributed by atoms with Crippen molar-refractivity contribution in [1.82, 2.24) is 5.43 Å². The van der Waals surface area contributed by atoms with Crippen molar-refractivity contribution in [3.05, 3.63) is 83.9 Å². The number of sulfonamides is 1. The highest BCUT2D eigenvalue weighted by Crippen LogP contribution is 2.25. The van der Waals surface area contributed by atoms with Gasteiger partial charge < -0.3 is 9.47 Å². The second kappa shape index (κ2) is 11.5. The van der Waals surface area contributed by atoms with Crippen LogP contribution < -0.4 is 19.2 Å². The van der Waals surface area contributed by atoms with Crippen LogP contribution in [0.25, 0.3) is 0 Å². The molecule has 1 amide bonds. The fraction of sp³-hybridized carbons (Fsp3) is 0.231. The Labute approximate surface area is 206 Å². The minimum absolute atomic E-state index is 0.0484. The molecule has 1 N–H and O–H groups in total. The molecule has 0 atom stereocenters. The first-order valence-corrected chi connectivity index (χ1v) is 12.5. The van der Waals surface area contributed by atoms with Gasteiger partial charge in [0.05, 0.1) is 30.0 Å². The third kappa shape index (κ3) is 6.60. The Morgan fingerprint density at radius 3 is 2.11 bits per heavy atom. The van der Waals surface area contributed by atoms with Crippen molar-refractivity contribution in [1.29, 1.82) is 0 Å². The molecule has 35 heavy (non-hydrogen) atoms. The third-order valence-electron chi connectivity index (χ3n) is 5.19. The van der Waals surface area contributed by atoms with Gasteiger partial charge in [-0.25, -0.2) is 13.8 Å². The Bertz CT molecular complexity index is 1270. The van der Waals surface area contributed by atoms with E-state index in [-0.39, 0.29) is 4.90 Å². The molecule has 0 aliphatic carbocycles. The first-order chi connectivity index (χ1) is 16.7. The van der Waals surface area contributed by atoms with Gasteiger partial charge >= 0.3 is 0 Å². The number of rotatable bonds is 10. The summed E-state index contributed by atoms with van der Waals surface area (Å²) in [6, 6.07) is 20.2. The highest BCUT2D eigenvalue weighted by molar-refractivity contribution is 7.92. The van der Waals surface area contributed by atoms with Crippen LogP contribution in [0.5, 0.6) is 11.5 Å². The Kier molecular flexibility index (Phi) is 8.48. The SMILES string of the molecule is CCOc1ccc(S(=O)(=O)N(CC(=O)N/N=C(/C)c2ccc(OC)cc2)c2ccc(C)cc2)cc1. The van der Waals surface area contributed by atoms with Gasteiger partial charge in [-0.05, 0) is 87.0 Å². The fourth-order valence-corrected chi connectivity index (χ4v) is 4.66. The van der Waals surface area contributed by atoms with Gasteiger partial charge in [-0.1, -0.05) is 17.7 Å². The number of benzene rings is 3. The van der Waals surface area contributed by atoms with Crippen molar-refractivity contribution in [2.75, 3.05) is 24.6 Å². The second-order valence-electron chi connectivity index (χ2n) is 7.71. The quantitative estimate of drug-likeness (QED) is 0.337. The molecule has 0 heterocycles. The van der Waals surface area contributed by atoms with Crippen molar-refractivity contribution in [3.63, 3.8) is 0 Å². The maximum absolute atomic E-state index is 13.5. The lowest BCUT2D eigenvalue weighted by molar-refractivity contribution is -0.119. The monoisotopic (exact) mass is 495 g/mol. The Hall–Kier alpha value is -3.85. The number of carbonyl (C=O) groups excluding carboxylic acids is 1. The van der Waals surface area contributed by atoms with Gasteiger partial charge in [0.15, 0.2) is 0 Å². The van der Waals surface area contributed by atoms with E-state index in [0.717, 1.165) is 15.4 Å². The molecule has 0 fully saturated rings. The van der Waals surface area contributed by atoms with Gasteiger partial charge in [0.25, 0.3) is 15.9 Å². The third-order valence-corrected chi connectivity index (χ3v) is 6.98. The van der Waals surface area contributed by atoms with E-state index in [4.69, 9.17) is 9.47 Å². The van der Waals surface area contributed by atoms with Crippen LogP contribution in [0.1, 0.15) is 25.0 Å². The van der Waals surface area contributed by atoms with Gasteiger partial charge in [0.1, 0.15) is 18.0 Å². The molecule has 3 aromatic carbocycles. The number of hydrazone groups is 1. The minimum Gasteiger partial charge on any atom is -0.497 e. The number of hydrogen-bond acceptors (Lipinski definition) is 6. The summed E-state index contributed by atoms with van der Waals surface area (Å²) in [6.07, 6.45) is 0. The summed E-state index contributed by atoms with van der Waals surface area (Å²) in [5.74, 6) is 0.696. The first-order valence-electron chi connectivity index (χ1n) is 11.0. The van der Waals surface area contributed by atoms with Gasteiger partial charge in [-0.2, -0.15) is 5.10 Å². The number of anilines is 1. The highest BCUT2D eigenvalue weighted by atomic mass is 32.2. The van der Waals surface area contributed by atoms with E-state index >= 15 is 0 Å². The summed E-state index contributed by atoms with van der Waals surface area (Å²) in [4.78, 5) is 12.8. The van der Waals surface area contributed by atoms with Crippen molar-refractivity contribution in [2.24, 2.45) is 5.10 Å². The average Bonchev–Trinajstić information content (AvgIpc) is 2.87. The Morgan fingerprint density at radius 2 is 1.54 bits per heavy atom. The minimum atomic E-state index is -4.04. The molecule has 0 aromatic heterocycles. The summed E-state index contributed by atoms with van der Waals surface area (Å²) in [7, 11) is -2.46. The van der Waals surface area contributed by atoms with Crippen molar-refractivity contribution in [3.8, 4) is 11.5 Å². The van der Waals surface area contributed by atoms with Crippen LogP contribution in [-0.2, 0) is 14.8 Å². The highest BCUT2D eigenvalue weighted by Gasteiger charge is 2.27. The van der Waals surface area contributed by atoms with E-state index in [9.17, 15) is 13.2 Å². The van der Waals surface area contributed by atoms with E-state index in [2.05, 4.69) is 10.5 Å². The van der Waals surface area contributed by atoms with E-state index in [1.807, 2.05) is 26.0 Å². The lowest BCUT2D eigenvalue weighted by Gasteiger charge is -2.24. The van der Waals surface area contributed by atoms with E-state index in [0.29, 0.717) is 29.5 Å². The van der Waals surface area contributed by atoms with Crippen LogP contribution in [0.4, 0.5) is 5.69 Å². The summed E-state index contributed by atoms with van der Waals surface area (Å²) in [5.41, 5.74) is 5.16. The van der Waals surface area contributed by atoms with Crippen molar-refractivity contribution >= 4 is 27.3 Å². The zero-order valence-corrected chi connectivity index (χ0v) is 21.0. The van der Waals surface area contributed by atoms with E-state index in [1.165, 1.54) is 12.1 Å². The van der Waals surface area contributed by atoms with E-state index < -0.39 is 22.5 Å². The maximum atomic E-state index is 13.5. The summed E-state index contributed by atoms with van der Waals surface area (Å²) < 4.78 is 38.6. The van der Waals surface area contributed by atoms with E-state index in [1.54, 1.807) is 62.6 Å². The van der Waals surface area contributed by atoms with Crippen LogP contribution >= 0.6 is 0 Å². The molecular formula is C26H29N3O5S. The zero-order chi connectivity index (χ0) is 25.4. The molecule has 0 spiro atoms. The molecule has 0 aliphatic rings. The summed E-state index contributed by atoms with van der Waals surface area (Å²) in [5, 5.41) is 4.14. The number of nitrogens with zero attached hydrogens (tertiary/aromatic N) is 2. The average molecular weight is 496 g/mol. The number of nitrogens with one attached hydrogen (secondary N) is 1. The standard InChI is InChI=1S/C26H29N3O5S/c1-5-34-24-14-16-25(17-15-24)35(31,32)29(22-10-6-19(2)7-11-22)18-26(30)28-27-20(3)21-8-12-23(33-4)13-9-21/h6-17H,5,18H2,1-4H3,(H,28,30)/b27-20-. The molecule has 184 valence electrons. The molecule has 0 saturated heterocycles. The second-order valence-corrected chi connectivity index (χ2v) is 9.57. The van der Waals surface area contributed by atoms with Gasteiger partial charge in [0, 0.05) is 0 Å².